The number of benzene rings is 1. The number of nitrogens with zero attached hydrogens (tertiary/aromatic N) is 1. The van der Waals surface area contributed by atoms with Crippen molar-refractivity contribution in [2.45, 2.75) is 82.5 Å². The highest BCUT2D eigenvalue weighted by atomic mass is 28.3. The second kappa shape index (κ2) is 10.0. The van der Waals surface area contributed by atoms with Crippen LogP contribution in [0.15, 0.2) is 42.5 Å². The first-order chi connectivity index (χ1) is 15.0. The largest absolute Gasteiger partial charge is 0.354 e. The van der Waals surface area contributed by atoms with Crippen LogP contribution in [0.25, 0.3) is 0 Å². The number of hydrogen-bond acceptors (Lipinski definition) is 4. The molecule has 0 aromatic heterocycles. The number of hydroxylamine groups is 2. The monoisotopic (exact) mass is 439 g/mol. The van der Waals surface area contributed by atoms with Crippen molar-refractivity contribution in [2.75, 3.05) is 13.4 Å². The third kappa shape index (κ3) is 5.50. The van der Waals surface area contributed by atoms with Crippen LogP contribution in [0.5, 0.6) is 0 Å². The van der Waals surface area contributed by atoms with Gasteiger partial charge in [0.25, 0.3) is 0 Å². The Bertz CT molecular complexity index is 805. The Labute approximate surface area is 188 Å². The summed E-state index contributed by atoms with van der Waals surface area (Å²) in [4.78, 5) is 6.55. The number of hydrogen-bond donors (Lipinski definition) is 0. The lowest BCUT2D eigenvalue weighted by molar-refractivity contribution is -0.235. The Kier molecular flexibility index (Phi) is 7.35. The molecular formula is C26H37NO3Si. The number of allylic oxidation sites excluding steroid dienone is 1. The average Bonchev–Trinajstić information content (AvgIpc) is 2.91. The van der Waals surface area contributed by atoms with Gasteiger partial charge in [0, 0.05) is 5.92 Å². The second-order valence-electron chi connectivity index (χ2n) is 10.2. The van der Waals surface area contributed by atoms with Crippen LogP contribution in [0.3, 0.4) is 0 Å². The van der Waals surface area contributed by atoms with E-state index in [1.54, 1.807) is 0 Å². The van der Waals surface area contributed by atoms with Crippen molar-refractivity contribution >= 4 is 8.07 Å². The van der Waals surface area contributed by atoms with E-state index in [4.69, 9.17) is 14.3 Å². The van der Waals surface area contributed by atoms with Crippen LogP contribution in [-0.4, -0.2) is 44.2 Å². The number of fused-ring (bicyclic) bond motifs is 1. The first-order valence-electron chi connectivity index (χ1n) is 11.8. The van der Waals surface area contributed by atoms with Crippen LogP contribution in [0.4, 0.5) is 0 Å². The molecule has 0 unspecified atom stereocenters. The van der Waals surface area contributed by atoms with Gasteiger partial charge in [0.05, 0.1) is 30.9 Å². The Morgan fingerprint density at radius 2 is 1.90 bits per heavy atom. The molecule has 4 atom stereocenters. The summed E-state index contributed by atoms with van der Waals surface area (Å²) in [5, 5.41) is 2.34. The maximum atomic E-state index is 6.55. The summed E-state index contributed by atoms with van der Waals surface area (Å²) in [6, 6.07) is 10.5. The summed E-state index contributed by atoms with van der Waals surface area (Å²) in [7, 11) is -1.34. The SMILES string of the molecule is C[Si](C)(C)C#C/C=C\[C@@H]1[C@@H]2CCC[C@]13CCC[C@@H](COCOCc1ccccc1)N3O2. The zero-order chi connectivity index (χ0) is 21.7. The van der Waals surface area contributed by atoms with E-state index in [9.17, 15) is 0 Å². The first-order valence-corrected chi connectivity index (χ1v) is 15.3. The van der Waals surface area contributed by atoms with Crippen molar-refractivity contribution in [3.8, 4) is 11.5 Å². The van der Waals surface area contributed by atoms with Gasteiger partial charge in [-0.3, -0.25) is 4.84 Å². The molecule has 0 radical (unpaired) electrons. The molecule has 2 saturated heterocycles. The van der Waals surface area contributed by atoms with Crippen molar-refractivity contribution in [3.05, 3.63) is 48.0 Å². The van der Waals surface area contributed by atoms with Crippen LogP contribution in [0.1, 0.15) is 44.1 Å². The molecule has 1 aromatic rings. The minimum atomic E-state index is -1.34. The predicted molar refractivity (Wildman–Crippen MR) is 127 cm³/mol. The Balaban J connectivity index is 1.34. The maximum Gasteiger partial charge on any atom is 0.147 e. The molecule has 1 saturated carbocycles. The molecule has 0 N–H and O–H groups in total. The van der Waals surface area contributed by atoms with E-state index in [-0.39, 0.29) is 11.6 Å². The van der Waals surface area contributed by atoms with Crippen LogP contribution in [0, 0.1) is 17.4 Å². The Morgan fingerprint density at radius 1 is 1.13 bits per heavy atom. The van der Waals surface area contributed by atoms with Gasteiger partial charge < -0.3 is 9.47 Å². The van der Waals surface area contributed by atoms with Gasteiger partial charge in [-0.25, -0.2) is 0 Å². The molecule has 0 amide bonds. The van der Waals surface area contributed by atoms with E-state index in [0.29, 0.717) is 32.0 Å². The minimum Gasteiger partial charge on any atom is -0.354 e. The van der Waals surface area contributed by atoms with E-state index in [1.165, 1.54) is 31.2 Å². The van der Waals surface area contributed by atoms with Gasteiger partial charge in [-0.15, -0.1) is 5.54 Å². The number of ether oxygens (including phenoxy) is 2. The summed E-state index contributed by atoms with van der Waals surface area (Å²) in [6.07, 6.45) is 11.9. The standard InChI is InChI=1S/C26H37NO3Si/c1-31(2,3)18-8-7-14-24-25-15-10-17-26(24)16-9-13-23(27(26)30-25)20-29-21-28-19-22-11-5-4-6-12-22/h4-7,11-12,14,23-25H,9-10,13,15-17,19-21H2,1-3H3/b14-7-/t23-,24+,25-,26+/m0/s1. The normalized spacial score (nSPS) is 30.7. The maximum absolute atomic E-state index is 6.55. The molecule has 1 spiro atoms. The molecule has 5 heteroatoms. The molecule has 4 nitrogen and oxygen atoms in total. The second-order valence-corrected chi connectivity index (χ2v) is 15.0. The van der Waals surface area contributed by atoms with Crippen LogP contribution in [-0.2, 0) is 20.9 Å². The van der Waals surface area contributed by atoms with Crippen LogP contribution < -0.4 is 0 Å². The third-order valence-corrected chi connectivity index (χ3v) is 7.60. The van der Waals surface area contributed by atoms with Crippen molar-refractivity contribution in [3.63, 3.8) is 0 Å². The lowest BCUT2D eigenvalue weighted by Gasteiger charge is -2.47. The smallest absolute Gasteiger partial charge is 0.147 e. The average molecular weight is 440 g/mol. The molecule has 1 aromatic carbocycles. The van der Waals surface area contributed by atoms with E-state index < -0.39 is 8.07 Å². The highest BCUT2D eigenvalue weighted by molar-refractivity contribution is 6.83. The lowest BCUT2D eigenvalue weighted by atomic mass is 9.67. The van der Waals surface area contributed by atoms with Gasteiger partial charge in [-0.05, 0) is 50.2 Å². The fourth-order valence-electron chi connectivity index (χ4n) is 5.38. The third-order valence-electron chi connectivity index (χ3n) is 6.71. The number of rotatable bonds is 7. The quantitative estimate of drug-likeness (QED) is 0.249. The molecule has 2 heterocycles. The molecule has 4 rings (SSSR count). The zero-order valence-electron chi connectivity index (χ0n) is 19.3. The van der Waals surface area contributed by atoms with Gasteiger partial charge in [0.2, 0.25) is 0 Å². The van der Waals surface area contributed by atoms with Crippen molar-refractivity contribution in [1.29, 1.82) is 0 Å². The number of piperidine rings is 1. The lowest BCUT2D eigenvalue weighted by Crippen LogP contribution is -2.56. The van der Waals surface area contributed by atoms with Crippen molar-refractivity contribution < 1.29 is 14.3 Å². The summed E-state index contributed by atoms with van der Waals surface area (Å²) in [5.74, 6) is 3.76. The molecule has 3 fully saturated rings. The minimum absolute atomic E-state index is 0.122. The fourth-order valence-corrected chi connectivity index (χ4v) is 5.90. The Morgan fingerprint density at radius 3 is 2.68 bits per heavy atom. The van der Waals surface area contributed by atoms with Crippen LogP contribution in [0.2, 0.25) is 19.6 Å². The van der Waals surface area contributed by atoms with E-state index in [1.807, 2.05) is 18.2 Å². The summed E-state index contributed by atoms with van der Waals surface area (Å²) in [6.45, 7) is 8.44. The molecule has 168 valence electrons. The van der Waals surface area contributed by atoms with Crippen molar-refractivity contribution in [1.82, 2.24) is 5.06 Å². The van der Waals surface area contributed by atoms with Gasteiger partial charge >= 0.3 is 0 Å². The van der Waals surface area contributed by atoms with Crippen molar-refractivity contribution in [2.24, 2.45) is 5.92 Å². The first kappa shape index (κ1) is 22.8. The predicted octanol–water partition coefficient (Wildman–Crippen LogP) is 5.32. The molecule has 3 aliphatic rings. The van der Waals surface area contributed by atoms with Gasteiger partial charge in [0.1, 0.15) is 14.9 Å². The summed E-state index contributed by atoms with van der Waals surface area (Å²) < 4.78 is 11.7. The highest BCUT2D eigenvalue weighted by Gasteiger charge is 2.59. The molecular weight excluding hydrogens is 402 g/mol. The van der Waals surface area contributed by atoms with Gasteiger partial charge in [-0.1, -0.05) is 62.0 Å². The van der Waals surface area contributed by atoms with E-state index in [2.05, 4.69) is 60.5 Å². The molecule has 2 aliphatic heterocycles. The van der Waals surface area contributed by atoms with Gasteiger partial charge in [0.15, 0.2) is 0 Å². The fraction of sp³-hybridized carbons (Fsp3) is 0.615. The van der Waals surface area contributed by atoms with Gasteiger partial charge in [-0.2, -0.15) is 5.06 Å². The topological polar surface area (TPSA) is 30.9 Å². The highest BCUT2D eigenvalue weighted by Crippen LogP contribution is 2.53. The Hall–Kier alpha value is -1.42. The van der Waals surface area contributed by atoms with E-state index in [0.717, 1.165) is 12.8 Å². The zero-order valence-corrected chi connectivity index (χ0v) is 20.3. The molecule has 1 aliphatic carbocycles. The van der Waals surface area contributed by atoms with E-state index >= 15 is 0 Å². The molecule has 31 heavy (non-hydrogen) atoms. The summed E-state index contributed by atoms with van der Waals surface area (Å²) in [5.41, 5.74) is 4.75. The summed E-state index contributed by atoms with van der Waals surface area (Å²) >= 11 is 0. The molecule has 2 bridgehead atoms. The van der Waals surface area contributed by atoms with Crippen LogP contribution >= 0.6 is 0 Å².